The van der Waals surface area contributed by atoms with Crippen LogP contribution in [0.5, 0.6) is 0 Å². The largest absolute Gasteiger partial charge is 0.741 e. The van der Waals surface area contributed by atoms with Crippen molar-refractivity contribution in [3.8, 4) is 0 Å². The van der Waals surface area contributed by atoms with Gasteiger partial charge < -0.3 is 23.8 Å². The Morgan fingerprint density at radius 1 is 0.900 bits per heavy atom. The predicted octanol–water partition coefficient (Wildman–Crippen LogP) is 2.85. The quantitative estimate of drug-likeness (QED) is 0.0725. The maximum atomic E-state index is 12.6. The lowest BCUT2D eigenvalue weighted by Crippen LogP contribution is -2.41. The van der Waals surface area contributed by atoms with E-state index in [1.165, 1.54) is 11.1 Å². The molecular formula is C29H36F6N6O7S2. The molecule has 2 N–H and O–H groups in total. The molecule has 0 atom stereocenters. The lowest BCUT2D eigenvalue weighted by Gasteiger charge is -2.23. The van der Waals surface area contributed by atoms with Crippen LogP contribution in [0.4, 0.5) is 42.6 Å². The fourth-order valence-corrected chi connectivity index (χ4v) is 4.28. The Bertz CT molecular complexity index is 2020. The molecule has 278 valence electrons. The summed E-state index contributed by atoms with van der Waals surface area (Å²) in [7, 11) is 0.346. The molecule has 0 fully saturated rings. The van der Waals surface area contributed by atoms with Crippen molar-refractivity contribution >= 4 is 60.3 Å². The second kappa shape index (κ2) is 15.8. The third-order valence-corrected chi connectivity index (χ3v) is 7.80. The first kappa shape index (κ1) is 42.0. The highest BCUT2D eigenvalue weighted by Crippen LogP contribution is 2.21. The molecule has 2 amide bonds. The van der Waals surface area contributed by atoms with Crippen LogP contribution in [0.1, 0.15) is 12.0 Å². The molecule has 0 bridgehead atoms. The number of amides is 2. The minimum Gasteiger partial charge on any atom is -0.741 e. The minimum atomic E-state index is -6.09. The highest BCUT2D eigenvalue weighted by atomic mass is 32.2. The Labute approximate surface area is 284 Å². The van der Waals surface area contributed by atoms with E-state index in [-0.39, 0.29) is 6.03 Å². The Morgan fingerprint density at radius 2 is 1.40 bits per heavy atom. The molecule has 0 aliphatic carbocycles. The van der Waals surface area contributed by atoms with Gasteiger partial charge in [0.2, 0.25) is 0 Å². The van der Waals surface area contributed by atoms with Crippen molar-refractivity contribution in [3.05, 3.63) is 65.4 Å². The van der Waals surface area contributed by atoms with E-state index in [9.17, 15) is 31.1 Å². The molecule has 0 radical (unpaired) electrons. The van der Waals surface area contributed by atoms with Gasteiger partial charge in [-0.25, -0.2) is 21.6 Å². The van der Waals surface area contributed by atoms with Gasteiger partial charge in [-0.2, -0.15) is 40.9 Å². The van der Waals surface area contributed by atoms with Crippen molar-refractivity contribution in [3.63, 3.8) is 0 Å². The van der Waals surface area contributed by atoms with E-state index in [0.29, 0.717) is 6.54 Å². The van der Waals surface area contributed by atoms with Crippen LogP contribution in [-0.2, 0) is 27.3 Å². The number of aryl methyl sites for hydroxylation is 1. The van der Waals surface area contributed by atoms with Crippen molar-refractivity contribution in [1.29, 1.82) is 0 Å². The number of benzene rings is 2. The van der Waals surface area contributed by atoms with E-state index < -0.39 is 31.3 Å². The predicted molar refractivity (Wildman–Crippen MR) is 172 cm³/mol. The second-order valence-electron chi connectivity index (χ2n) is 11.9. The zero-order chi connectivity index (χ0) is 38.5. The van der Waals surface area contributed by atoms with E-state index in [1.807, 2.05) is 38.0 Å². The van der Waals surface area contributed by atoms with Crippen molar-refractivity contribution < 1.29 is 66.2 Å². The second-order valence-corrected chi connectivity index (χ2v) is 14.6. The van der Waals surface area contributed by atoms with Gasteiger partial charge in [-0.15, -0.1) is 0 Å². The Balaban J connectivity index is 0.000000450. The Kier molecular flexibility index (Phi) is 13.3. The first-order valence-electron chi connectivity index (χ1n) is 14.2. The van der Waals surface area contributed by atoms with Gasteiger partial charge in [0.15, 0.2) is 20.2 Å². The lowest BCUT2D eigenvalue weighted by molar-refractivity contribution is -0.870. The smallest absolute Gasteiger partial charge is 0.485 e. The molecule has 13 nitrogen and oxygen atoms in total. The number of para-hydroxylation sites is 1. The summed E-state index contributed by atoms with van der Waals surface area (Å²) in [5, 5.41) is 8.33. The number of aromatic nitrogens is 2. The van der Waals surface area contributed by atoms with Crippen LogP contribution in [0.15, 0.2) is 54.6 Å². The van der Waals surface area contributed by atoms with Crippen LogP contribution in [0.2, 0.25) is 0 Å². The molecule has 2 aromatic heterocycles. The number of alkyl halides is 6. The summed E-state index contributed by atoms with van der Waals surface area (Å²) < 4.78 is 123. The number of carbonyl (C=O) groups is 1. The number of carbonyl (C=O) groups excluding carboxylic acids is 1. The van der Waals surface area contributed by atoms with Gasteiger partial charge in [0, 0.05) is 43.4 Å². The van der Waals surface area contributed by atoms with Gasteiger partial charge >= 0.3 is 22.9 Å². The minimum absolute atomic E-state index is 0.181. The highest BCUT2D eigenvalue weighted by molar-refractivity contribution is 7.86. The fourth-order valence-electron chi connectivity index (χ4n) is 4.28. The number of anilines is 2. The van der Waals surface area contributed by atoms with E-state index in [2.05, 4.69) is 89.7 Å². The van der Waals surface area contributed by atoms with Crippen LogP contribution in [-0.4, -0.2) is 100 Å². The first-order chi connectivity index (χ1) is 22.6. The summed E-state index contributed by atoms with van der Waals surface area (Å²) in [6.45, 7) is 1.66. The van der Waals surface area contributed by atoms with Gasteiger partial charge in [0.25, 0.3) is 0 Å². The molecular weight excluding hydrogens is 722 g/mol. The number of rotatable bonds is 7. The zero-order valence-electron chi connectivity index (χ0n) is 27.6. The molecule has 4 rings (SSSR count). The Morgan fingerprint density at radius 3 is 1.86 bits per heavy atom. The number of fused-ring (bicyclic) bond motifs is 3. The van der Waals surface area contributed by atoms with E-state index in [0.717, 1.165) is 45.1 Å². The topological polar surface area (TPSA) is 167 Å². The zero-order valence-corrected chi connectivity index (χ0v) is 29.3. The molecule has 2 aromatic carbocycles. The highest BCUT2D eigenvalue weighted by Gasteiger charge is 2.37. The van der Waals surface area contributed by atoms with Gasteiger partial charge in [-0.05, 0) is 29.8 Å². The van der Waals surface area contributed by atoms with Crippen LogP contribution < -0.4 is 25.4 Å². The van der Waals surface area contributed by atoms with Crippen molar-refractivity contribution in [2.45, 2.75) is 17.4 Å². The molecule has 21 heteroatoms. The summed E-state index contributed by atoms with van der Waals surface area (Å²) in [5.41, 5.74) is -6.83. The van der Waals surface area contributed by atoms with Gasteiger partial charge in [0.1, 0.15) is 7.05 Å². The molecule has 0 aliphatic heterocycles. The fraction of sp³-hybridized carbons (Fsp3) is 0.379. The third-order valence-electron chi connectivity index (χ3n) is 6.67. The van der Waals surface area contributed by atoms with Crippen LogP contribution in [0.25, 0.3) is 22.5 Å². The number of halogens is 6. The number of hydrogen-bond donors (Lipinski definition) is 2. The summed E-state index contributed by atoms with van der Waals surface area (Å²) in [6, 6.07) is 18.8. The summed E-state index contributed by atoms with van der Waals surface area (Å²) in [6.07, 6.45) is 3.15. The Hall–Kier alpha value is -4.18. The SMILES string of the molecule is CN(C)c1ccc(/C=c2/c3ccccc3n3c2cc(NC(=O)NCCC[N+](C)(C)C)[n+]3C)cc1.O=S(=O)([O-])C(F)(F)F.O=S(=O)([O-])C(F)(F)F. The number of hydrogen-bond acceptors (Lipinski definition) is 8. The normalized spacial score (nSPS) is 13.0. The standard InChI is InChI=1S/C27H34N6O.2CHF3O3S/c1-30(2)21-14-12-20(13-15-21)18-23-22-10-7-8-11-24(22)32-25(23)19-26(31(32)3)29-27(34)28-16-9-17-33(4,5)6;2*2-1(3,4)8(5,6)7/h7-8,10-15,18-19H,9,16-17H2,1-6H3;2*(H,5,6,7)/b23-18-;;. The van der Waals surface area contributed by atoms with Crippen LogP contribution >= 0.6 is 0 Å². The number of nitrogens with one attached hydrogen (secondary N) is 2. The molecule has 50 heavy (non-hydrogen) atoms. The molecule has 4 aromatic rings. The van der Waals surface area contributed by atoms with Crippen molar-refractivity contribution in [1.82, 2.24) is 9.83 Å². The van der Waals surface area contributed by atoms with Crippen molar-refractivity contribution in [2.24, 2.45) is 7.05 Å². The maximum absolute atomic E-state index is 12.6. The number of quaternary nitrogens is 1. The van der Waals surface area contributed by atoms with E-state index in [1.54, 1.807) is 0 Å². The molecule has 0 saturated carbocycles. The lowest BCUT2D eigenvalue weighted by atomic mass is 10.1. The van der Waals surface area contributed by atoms with Crippen LogP contribution in [0.3, 0.4) is 0 Å². The molecule has 0 saturated heterocycles. The molecule has 0 unspecified atom stereocenters. The van der Waals surface area contributed by atoms with Gasteiger partial charge in [-0.3, -0.25) is 0 Å². The number of urea groups is 1. The van der Waals surface area contributed by atoms with Crippen molar-refractivity contribution in [2.75, 3.05) is 58.5 Å². The average molecular weight is 759 g/mol. The van der Waals surface area contributed by atoms with Gasteiger partial charge in [-0.1, -0.05) is 30.3 Å². The number of nitrogens with zero attached hydrogens (tertiary/aromatic N) is 4. The molecule has 2 heterocycles. The summed E-state index contributed by atoms with van der Waals surface area (Å²) in [5.74, 6) is 0.752. The van der Waals surface area contributed by atoms with Gasteiger partial charge in [0.05, 0.1) is 44.8 Å². The monoisotopic (exact) mass is 758 g/mol. The first-order valence-corrected chi connectivity index (χ1v) is 17.1. The molecule has 0 aliphatic rings. The maximum Gasteiger partial charge on any atom is 0.485 e. The summed E-state index contributed by atoms with van der Waals surface area (Å²) in [4.78, 5) is 14.6. The van der Waals surface area contributed by atoms with E-state index in [4.69, 9.17) is 25.9 Å². The summed E-state index contributed by atoms with van der Waals surface area (Å²) >= 11 is 0. The molecule has 0 spiro atoms. The van der Waals surface area contributed by atoms with E-state index >= 15 is 0 Å². The average Bonchev–Trinajstić information content (AvgIpc) is 3.43. The third kappa shape index (κ3) is 11.7. The van der Waals surface area contributed by atoms with Crippen LogP contribution in [0, 0.1) is 0 Å².